The van der Waals surface area contributed by atoms with Crippen molar-refractivity contribution in [3.05, 3.63) is 135 Å². The highest BCUT2D eigenvalue weighted by molar-refractivity contribution is 6.40. The van der Waals surface area contributed by atoms with Gasteiger partial charge in [-0.25, -0.2) is 0 Å². The molecule has 0 atom stereocenters. The average Bonchev–Trinajstić information content (AvgIpc) is 3.41. The Hall–Kier alpha value is -4.54. The van der Waals surface area contributed by atoms with Gasteiger partial charge in [-0.1, -0.05) is 66.2 Å². The number of benzene rings is 4. The van der Waals surface area contributed by atoms with E-state index in [0.29, 0.717) is 45.7 Å². The normalized spacial score (nSPS) is 16.7. The Morgan fingerprint density at radius 2 is 1.34 bits per heavy atom. The first-order valence-electron chi connectivity index (χ1n) is 12.3. The third-order valence-electron chi connectivity index (χ3n) is 7.17. The summed E-state index contributed by atoms with van der Waals surface area (Å²) in [5.74, 6) is -0.633. The van der Waals surface area contributed by atoms with Crippen LogP contribution >= 0.6 is 11.6 Å². The van der Waals surface area contributed by atoms with Gasteiger partial charge >= 0.3 is 0 Å². The van der Waals surface area contributed by atoms with E-state index >= 15 is 0 Å². The number of halogens is 1. The molecule has 0 saturated heterocycles. The fraction of sp³-hybridized carbons (Fsp3) is 0.0606. The molecular formula is C33H21ClO4. The van der Waals surface area contributed by atoms with Gasteiger partial charge in [0.05, 0.1) is 5.57 Å². The molecule has 2 aliphatic rings. The Labute approximate surface area is 223 Å². The number of allylic oxidation sites excluding steroid dienone is 7. The van der Waals surface area contributed by atoms with E-state index in [1.54, 1.807) is 36.4 Å². The molecule has 2 aliphatic carbocycles. The summed E-state index contributed by atoms with van der Waals surface area (Å²) in [5.41, 5.74) is 3.26. The summed E-state index contributed by atoms with van der Waals surface area (Å²) in [7, 11) is 0. The second-order valence-corrected chi connectivity index (χ2v) is 9.83. The van der Waals surface area contributed by atoms with Crippen LogP contribution in [0.1, 0.15) is 49.5 Å². The molecule has 0 amide bonds. The lowest BCUT2D eigenvalue weighted by Crippen LogP contribution is -2.01. The zero-order chi connectivity index (χ0) is 26.4. The van der Waals surface area contributed by atoms with Gasteiger partial charge in [0.25, 0.3) is 0 Å². The molecule has 4 aromatic carbocycles. The predicted octanol–water partition coefficient (Wildman–Crippen LogP) is 7.92. The van der Waals surface area contributed by atoms with Crippen molar-refractivity contribution in [2.75, 3.05) is 0 Å². The SMILES string of the molecule is O=Cc1cc2ccccc2cc1/C(O)=C/C=C1\CCC(C=C2C(=O)c3cc4ccccc4cc3C2=O)=C1Cl. The van der Waals surface area contributed by atoms with Crippen molar-refractivity contribution in [1.29, 1.82) is 0 Å². The molecule has 0 radical (unpaired) electrons. The molecule has 38 heavy (non-hydrogen) atoms. The first-order valence-corrected chi connectivity index (χ1v) is 12.6. The zero-order valence-electron chi connectivity index (χ0n) is 20.2. The van der Waals surface area contributed by atoms with Crippen LogP contribution in [0.2, 0.25) is 0 Å². The second-order valence-electron chi connectivity index (χ2n) is 9.45. The molecule has 4 aromatic rings. The van der Waals surface area contributed by atoms with Crippen molar-refractivity contribution >= 4 is 56.8 Å². The minimum atomic E-state index is -0.291. The summed E-state index contributed by atoms with van der Waals surface area (Å²) in [6.45, 7) is 0. The van der Waals surface area contributed by atoms with Gasteiger partial charge in [-0.3, -0.25) is 14.4 Å². The number of hydrogen-bond donors (Lipinski definition) is 1. The second kappa shape index (κ2) is 9.40. The number of fused-ring (bicyclic) bond motifs is 3. The van der Waals surface area contributed by atoms with Gasteiger partial charge in [0.1, 0.15) is 5.76 Å². The monoisotopic (exact) mass is 516 g/mol. The number of rotatable bonds is 4. The van der Waals surface area contributed by atoms with Crippen LogP contribution in [0.4, 0.5) is 0 Å². The molecule has 0 bridgehead atoms. The first-order chi connectivity index (χ1) is 18.4. The van der Waals surface area contributed by atoms with E-state index in [9.17, 15) is 19.5 Å². The fourth-order valence-electron chi connectivity index (χ4n) is 5.15. The lowest BCUT2D eigenvalue weighted by molar-refractivity contribution is 0.0987. The van der Waals surface area contributed by atoms with E-state index in [0.717, 1.165) is 33.4 Å². The molecule has 0 fully saturated rings. The standard InChI is InChI=1S/C33H21ClO4/c34-31-19(11-12-30(36)26-14-21-6-2-1-5-20(21)13-25(26)18-35)9-10-24(31)17-29-32(37)27-15-22-7-3-4-8-23(22)16-28(27)33(29)38/h1-8,11-18,36H,9-10H2/b19-11+,30-12-. The number of ketones is 2. The molecule has 5 heteroatoms. The van der Waals surface area contributed by atoms with Crippen LogP contribution in [0.25, 0.3) is 27.3 Å². The largest absolute Gasteiger partial charge is 0.507 e. The van der Waals surface area contributed by atoms with E-state index < -0.39 is 0 Å². The molecular weight excluding hydrogens is 496 g/mol. The van der Waals surface area contributed by atoms with Crippen LogP contribution in [0.3, 0.4) is 0 Å². The quantitative estimate of drug-likeness (QED) is 0.129. The summed E-state index contributed by atoms with van der Waals surface area (Å²) in [4.78, 5) is 37.9. The minimum absolute atomic E-state index is 0.0507. The molecule has 0 saturated carbocycles. The fourth-order valence-corrected chi connectivity index (χ4v) is 5.45. The van der Waals surface area contributed by atoms with Crippen LogP contribution in [0, 0.1) is 0 Å². The smallest absolute Gasteiger partial charge is 0.197 e. The third-order valence-corrected chi connectivity index (χ3v) is 7.66. The maximum atomic E-state index is 13.1. The molecule has 1 N–H and O–H groups in total. The van der Waals surface area contributed by atoms with Gasteiger partial charge in [0.15, 0.2) is 17.9 Å². The van der Waals surface area contributed by atoms with Crippen molar-refractivity contribution < 1.29 is 19.5 Å². The Morgan fingerprint density at radius 1 is 0.789 bits per heavy atom. The summed E-state index contributed by atoms with van der Waals surface area (Å²) < 4.78 is 0. The van der Waals surface area contributed by atoms with E-state index in [2.05, 4.69) is 0 Å². The van der Waals surface area contributed by atoms with Gasteiger partial charge < -0.3 is 5.11 Å². The molecule has 0 unspecified atom stereocenters. The molecule has 0 aliphatic heterocycles. The molecule has 0 aromatic heterocycles. The molecule has 6 rings (SSSR count). The average molecular weight is 517 g/mol. The topological polar surface area (TPSA) is 71.4 Å². The molecule has 0 spiro atoms. The highest BCUT2D eigenvalue weighted by Gasteiger charge is 2.34. The minimum Gasteiger partial charge on any atom is -0.507 e. The lowest BCUT2D eigenvalue weighted by atomic mass is 10.00. The summed E-state index contributed by atoms with van der Waals surface area (Å²) in [6, 6.07) is 22.3. The van der Waals surface area contributed by atoms with Crippen molar-refractivity contribution in [2.24, 2.45) is 0 Å². The highest BCUT2D eigenvalue weighted by Crippen LogP contribution is 2.38. The molecule has 4 nitrogen and oxygen atoms in total. The van der Waals surface area contributed by atoms with Gasteiger partial charge in [-0.2, -0.15) is 0 Å². The van der Waals surface area contributed by atoms with E-state index in [1.807, 2.05) is 48.5 Å². The van der Waals surface area contributed by atoms with Crippen LogP contribution in [-0.2, 0) is 0 Å². The van der Waals surface area contributed by atoms with E-state index in [1.165, 1.54) is 6.08 Å². The lowest BCUT2D eigenvalue weighted by Gasteiger charge is -2.07. The number of aldehydes is 1. The Kier molecular flexibility index (Phi) is 5.90. The van der Waals surface area contributed by atoms with Crippen molar-refractivity contribution in [3.63, 3.8) is 0 Å². The highest BCUT2D eigenvalue weighted by atomic mass is 35.5. The molecule has 184 valence electrons. The Morgan fingerprint density at radius 3 is 1.92 bits per heavy atom. The van der Waals surface area contributed by atoms with Crippen LogP contribution in [0.15, 0.2) is 113 Å². The number of aliphatic hydroxyl groups is 1. The van der Waals surface area contributed by atoms with Gasteiger partial charge in [-0.15, -0.1) is 0 Å². The maximum absolute atomic E-state index is 13.1. The van der Waals surface area contributed by atoms with Crippen LogP contribution in [-0.4, -0.2) is 23.0 Å². The number of carbonyl (C=O) groups is 3. The summed E-state index contributed by atoms with van der Waals surface area (Å²) in [6.07, 6.45) is 6.74. The Balaban J connectivity index is 1.32. The summed E-state index contributed by atoms with van der Waals surface area (Å²) >= 11 is 6.66. The number of Topliss-reactive ketones (excluding diaryl/α,β-unsaturated/α-hetero) is 2. The van der Waals surface area contributed by atoms with Crippen molar-refractivity contribution in [1.82, 2.24) is 0 Å². The van der Waals surface area contributed by atoms with Crippen LogP contribution < -0.4 is 0 Å². The maximum Gasteiger partial charge on any atom is 0.197 e. The number of aliphatic hydroxyl groups excluding tert-OH is 1. The molecule has 0 heterocycles. The number of carbonyl (C=O) groups excluding carboxylic acids is 3. The van der Waals surface area contributed by atoms with Crippen LogP contribution in [0.5, 0.6) is 0 Å². The van der Waals surface area contributed by atoms with Gasteiger partial charge in [0.2, 0.25) is 0 Å². The Bertz CT molecular complexity index is 1780. The van der Waals surface area contributed by atoms with Crippen molar-refractivity contribution in [3.8, 4) is 0 Å². The summed E-state index contributed by atoms with van der Waals surface area (Å²) in [5, 5.41) is 14.9. The predicted molar refractivity (Wildman–Crippen MR) is 151 cm³/mol. The van der Waals surface area contributed by atoms with Gasteiger partial charge in [-0.05, 0) is 82.0 Å². The van der Waals surface area contributed by atoms with E-state index in [4.69, 9.17) is 11.6 Å². The zero-order valence-corrected chi connectivity index (χ0v) is 21.0. The van der Waals surface area contributed by atoms with Gasteiger partial charge in [0, 0.05) is 27.3 Å². The van der Waals surface area contributed by atoms with Crippen molar-refractivity contribution in [2.45, 2.75) is 12.8 Å². The first kappa shape index (κ1) is 23.8. The third kappa shape index (κ3) is 4.00. The number of hydrogen-bond acceptors (Lipinski definition) is 4. The van der Waals surface area contributed by atoms with E-state index in [-0.39, 0.29) is 22.9 Å².